The molecule has 6 nitrogen and oxygen atoms in total. The van der Waals surface area contributed by atoms with Gasteiger partial charge in [-0.1, -0.05) is 32.0 Å². The number of anilines is 1. The van der Waals surface area contributed by atoms with Gasteiger partial charge in [-0.15, -0.1) is 0 Å². The lowest BCUT2D eigenvalue weighted by Crippen LogP contribution is -2.35. The number of carbonyl (C=O) groups is 1. The van der Waals surface area contributed by atoms with Crippen LogP contribution in [0.25, 0.3) is 11.1 Å². The Morgan fingerprint density at radius 2 is 1.62 bits per heavy atom. The van der Waals surface area contributed by atoms with Crippen LogP contribution in [0, 0.1) is 11.2 Å². The van der Waals surface area contributed by atoms with Crippen molar-refractivity contribution in [2.75, 3.05) is 18.0 Å². The van der Waals surface area contributed by atoms with Gasteiger partial charge in [-0.05, 0) is 108 Å². The summed E-state index contributed by atoms with van der Waals surface area (Å²) in [7, 11) is 0. The maximum absolute atomic E-state index is 15.5. The van der Waals surface area contributed by atoms with E-state index in [1.165, 1.54) is 12.1 Å². The van der Waals surface area contributed by atoms with E-state index in [-0.39, 0.29) is 60.5 Å². The topological polar surface area (TPSA) is 79.2 Å². The molecule has 2 aromatic heterocycles. The summed E-state index contributed by atoms with van der Waals surface area (Å²) in [4.78, 5) is 28.0. The quantitative estimate of drug-likeness (QED) is 0.190. The van der Waals surface area contributed by atoms with Gasteiger partial charge in [0, 0.05) is 67.6 Å². The Hall–Kier alpha value is -4.48. The van der Waals surface area contributed by atoms with Crippen molar-refractivity contribution in [2.24, 2.45) is 5.41 Å². The van der Waals surface area contributed by atoms with Crippen LogP contribution in [0.2, 0.25) is 0 Å². The van der Waals surface area contributed by atoms with E-state index >= 15 is 4.39 Å². The molecular weight excluding hydrogens is 694 g/mol. The number of rotatable bonds is 7. The highest BCUT2D eigenvalue weighted by atomic mass is 19.4. The highest BCUT2D eigenvalue weighted by Gasteiger charge is 2.40. The van der Waals surface area contributed by atoms with Crippen LogP contribution in [0.1, 0.15) is 120 Å². The van der Waals surface area contributed by atoms with E-state index in [1.807, 2.05) is 0 Å². The Morgan fingerprint density at radius 1 is 0.925 bits per heavy atom. The number of fused-ring (bicyclic) bond motifs is 1. The van der Waals surface area contributed by atoms with Crippen molar-refractivity contribution in [1.29, 1.82) is 0 Å². The van der Waals surface area contributed by atoms with Crippen LogP contribution in [-0.4, -0.2) is 45.0 Å². The van der Waals surface area contributed by atoms with E-state index in [4.69, 9.17) is 4.98 Å². The summed E-state index contributed by atoms with van der Waals surface area (Å²) >= 11 is 0. The van der Waals surface area contributed by atoms with Gasteiger partial charge in [0.2, 0.25) is 11.9 Å². The van der Waals surface area contributed by atoms with Crippen molar-refractivity contribution in [3.63, 3.8) is 0 Å². The zero-order valence-electron chi connectivity index (χ0n) is 29.7. The van der Waals surface area contributed by atoms with Crippen LogP contribution in [0.15, 0.2) is 54.9 Å². The highest BCUT2D eigenvalue weighted by Crippen LogP contribution is 2.48. The van der Waals surface area contributed by atoms with E-state index in [0.717, 1.165) is 40.6 Å². The molecule has 0 amide bonds. The van der Waals surface area contributed by atoms with Crippen LogP contribution < -0.4 is 4.90 Å². The molecule has 1 N–H and O–H groups in total. The molecule has 7 rings (SSSR count). The fourth-order valence-electron chi connectivity index (χ4n) is 8.41. The largest absolute Gasteiger partial charge is 0.478 e. The van der Waals surface area contributed by atoms with Crippen LogP contribution in [0.4, 0.5) is 32.3 Å². The molecule has 0 bridgehead atoms. The van der Waals surface area contributed by atoms with Crippen molar-refractivity contribution < 1.29 is 36.2 Å². The molecule has 3 heterocycles. The Bertz CT molecular complexity index is 2000. The second kappa shape index (κ2) is 14.1. The van der Waals surface area contributed by atoms with Crippen LogP contribution in [-0.2, 0) is 25.4 Å². The standard InChI is InChI=1S/C41H42F6N4O2/c1-39(2)13-10-31-34(21-39)50-36(25-11-16-51(17-12-25)38-48-22-29(23-49-38)26-4-3-5-28(18-26)37(52)53)32(35(31)24-8-14-40(43,44)15-9-24)19-27-6-7-30(20-33(27)42)41(45,46)47/h3-7,18,20,22-25H,8-17,19,21H2,1-2H3,(H,52,53). The van der Waals surface area contributed by atoms with Gasteiger partial charge in [0.25, 0.3) is 0 Å². The van der Waals surface area contributed by atoms with E-state index in [1.54, 1.807) is 30.6 Å². The summed E-state index contributed by atoms with van der Waals surface area (Å²) in [6.07, 6.45) is 2.37. The number of hydrogen-bond acceptors (Lipinski definition) is 5. The molecule has 1 saturated carbocycles. The van der Waals surface area contributed by atoms with E-state index in [2.05, 4.69) is 28.7 Å². The highest BCUT2D eigenvalue weighted by molar-refractivity contribution is 5.89. The molecule has 0 atom stereocenters. The number of halogens is 6. The number of pyridine rings is 1. The smallest absolute Gasteiger partial charge is 0.416 e. The molecule has 2 aliphatic carbocycles. The lowest BCUT2D eigenvalue weighted by Gasteiger charge is -2.39. The molecule has 0 spiro atoms. The minimum absolute atomic E-state index is 0.0169. The fourth-order valence-corrected chi connectivity index (χ4v) is 8.41. The number of aromatic carboxylic acids is 1. The number of hydrogen-bond donors (Lipinski definition) is 1. The van der Waals surface area contributed by atoms with Crippen molar-refractivity contribution in [2.45, 2.75) is 102 Å². The Morgan fingerprint density at radius 3 is 2.26 bits per heavy atom. The van der Waals surface area contributed by atoms with Gasteiger partial charge in [0.1, 0.15) is 5.82 Å². The van der Waals surface area contributed by atoms with E-state index in [0.29, 0.717) is 61.9 Å². The molecular formula is C41H42F6N4O2. The summed E-state index contributed by atoms with van der Waals surface area (Å²) in [5, 5.41) is 9.37. The number of carboxylic acids is 1. The monoisotopic (exact) mass is 736 g/mol. The summed E-state index contributed by atoms with van der Waals surface area (Å²) < 4.78 is 84.9. The Kier molecular flexibility index (Phi) is 9.78. The van der Waals surface area contributed by atoms with Crippen molar-refractivity contribution >= 4 is 11.9 Å². The maximum Gasteiger partial charge on any atom is 0.416 e. The van der Waals surface area contributed by atoms with Crippen LogP contribution >= 0.6 is 0 Å². The average molecular weight is 737 g/mol. The number of carboxylic acid groups (broad SMARTS) is 1. The molecule has 0 radical (unpaired) electrons. The van der Waals surface area contributed by atoms with Crippen molar-refractivity contribution in [1.82, 2.24) is 15.0 Å². The van der Waals surface area contributed by atoms with Gasteiger partial charge in [-0.25, -0.2) is 27.9 Å². The third-order valence-corrected chi connectivity index (χ3v) is 11.4. The Labute approximate surface area is 304 Å². The molecule has 280 valence electrons. The molecule has 4 aromatic rings. The molecule has 2 aromatic carbocycles. The second-order valence-corrected chi connectivity index (χ2v) is 15.7. The number of benzene rings is 2. The zero-order chi connectivity index (χ0) is 37.7. The second-order valence-electron chi connectivity index (χ2n) is 15.7. The van der Waals surface area contributed by atoms with Gasteiger partial charge < -0.3 is 10.0 Å². The van der Waals surface area contributed by atoms with Gasteiger partial charge in [-0.2, -0.15) is 13.2 Å². The molecule has 2 fully saturated rings. The normalized spacial score (nSPS) is 19.2. The zero-order valence-corrected chi connectivity index (χ0v) is 29.7. The third kappa shape index (κ3) is 7.92. The van der Waals surface area contributed by atoms with Crippen molar-refractivity contribution in [3.8, 4) is 11.1 Å². The first-order valence-electron chi connectivity index (χ1n) is 18.3. The predicted molar refractivity (Wildman–Crippen MR) is 189 cm³/mol. The minimum Gasteiger partial charge on any atom is -0.478 e. The molecule has 0 unspecified atom stereocenters. The Balaban J connectivity index is 1.23. The summed E-state index contributed by atoms with van der Waals surface area (Å²) in [5.74, 6) is -4.43. The van der Waals surface area contributed by atoms with Crippen LogP contribution in [0.3, 0.4) is 0 Å². The number of piperidine rings is 1. The van der Waals surface area contributed by atoms with E-state index < -0.39 is 29.4 Å². The molecule has 53 heavy (non-hydrogen) atoms. The lowest BCUT2D eigenvalue weighted by atomic mass is 9.69. The average Bonchev–Trinajstić information content (AvgIpc) is 3.12. The van der Waals surface area contributed by atoms with Gasteiger partial charge in [0.05, 0.1) is 11.1 Å². The van der Waals surface area contributed by atoms with E-state index in [9.17, 15) is 31.9 Å². The number of aromatic nitrogens is 3. The number of alkyl halides is 5. The first kappa shape index (κ1) is 36.9. The SMILES string of the molecule is CC1(C)CCc2c(nc(C3CCN(c4ncc(-c5cccc(C(=O)O)c5)cn4)CC3)c(Cc3ccc(C(F)(F)F)cc3F)c2C2CCC(F)(F)CC2)C1. The molecule has 3 aliphatic rings. The van der Waals surface area contributed by atoms with Gasteiger partial charge >= 0.3 is 12.1 Å². The summed E-state index contributed by atoms with van der Waals surface area (Å²) in [6, 6.07) is 9.19. The first-order chi connectivity index (χ1) is 25.1. The molecule has 12 heteroatoms. The van der Waals surface area contributed by atoms with Gasteiger partial charge in [0.15, 0.2) is 0 Å². The first-order valence-corrected chi connectivity index (χ1v) is 18.3. The van der Waals surface area contributed by atoms with Crippen LogP contribution in [0.5, 0.6) is 0 Å². The molecule has 1 saturated heterocycles. The molecule has 1 aliphatic heterocycles. The van der Waals surface area contributed by atoms with Gasteiger partial charge in [-0.3, -0.25) is 4.98 Å². The lowest BCUT2D eigenvalue weighted by molar-refractivity contribution is -0.137. The third-order valence-electron chi connectivity index (χ3n) is 11.4. The maximum atomic E-state index is 15.5. The summed E-state index contributed by atoms with van der Waals surface area (Å²) in [5.41, 5.74) is 5.11. The summed E-state index contributed by atoms with van der Waals surface area (Å²) in [6.45, 7) is 5.55. The van der Waals surface area contributed by atoms with Crippen molar-refractivity contribution in [3.05, 3.63) is 105 Å². The number of nitrogens with zero attached hydrogens (tertiary/aromatic N) is 4. The minimum atomic E-state index is -4.69. The predicted octanol–water partition coefficient (Wildman–Crippen LogP) is 10.2. The fraction of sp³-hybridized carbons (Fsp3) is 0.463.